The van der Waals surface area contributed by atoms with Crippen LogP contribution in [0.3, 0.4) is 0 Å². The van der Waals surface area contributed by atoms with Gasteiger partial charge in [0.25, 0.3) is 0 Å². The first-order chi connectivity index (χ1) is 10.2. The molecule has 0 aliphatic carbocycles. The number of hydrogen-bond acceptors (Lipinski definition) is 2. The zero-order valence-electron chi connectivity index (χ0n) is 11.6. The third kappa shape index (κ3) is 2.65. The molecule has 0 saturated heterocycles. The van der Waals surface area contributed by atoms with E-state index in [1.807, 2.05) is 48.5 Å². The molecule has 0 atom stereocenters. The lowest BCUT2D eigenvalue weighted by Crippen LogP contribution is -2.03. The Morgan fingerprint density at radius 2 is 1.95 bits per heavy atom. The Bertz CT molecular complexity index is 788. The number of nitrogens with two attached hydrogens (primary N) is 1. The molecule has 0 fully saturated rings. The maximum absolute atomic E-state index is 6.03. The standard InChI is InChI=1S/C17H16ClN3/c1-2-10-21-15-5-3-4-14(19)17(15)20-16(21)11-12-6-8-13(18)9-7-12/h2-9H,1,10-11,19H2. The molecule has 0 radical (unpaired) electrons. The number of para-hydroxylation sites is 1. The highest BCUT2D eigenvalue weighted by Gasteiger charge is 2.12. The predicted octanol–water partition coefficient (Wildman–Crippen LogP) is 4.05. The third-order valence-corrected chi connectivity index (χ3v) is 3.73. The van der Waals surface area contributed by atoms with Crippen molar-refractivity contribution >= 4 is 28.3 Å². The van der Waals surface area contributed by atoms with Gasteiger partial charge in [-0.1, -0.05) is 35.9 Å². The van der Waals surface area contributed by atoms with Gasteiger partial charge in [0.1, 0.15) is 11.3 Å². The Balaban J connectivity index is 2.08. The number of allylic oxidation sites excluding steroid dienone is 1. The van der Waals surface area contributed by atoms with Crippen LogP contribution >= 0.6 is 11.6 Å². The second-order valence-corrected chi connectivity index (χ2v) is 5.38. The summed E-state index contributed by atoms with van der Waals surface area (Å²) in [7, 11) is 0. The van der Waals surface area contributed by atoms with Gasteiger partial charge in [-0.05, 0) is 29.8 Å². The summed E-state index contributed by atoms with van der Waals surface area (Å²) >= 11 is 5.93. The molecule has 0 bridgehead atoms. The fraction of sp³-hybridized carbons (Fsp3) is 0.118. The molecule has 4 heteroatoms. The molecule has 0 amide bonds. The second-order valence-electron chi connectivity index (χ2n) is 4.95. The summed E-state index contributed by atoms with van der Waals surface area (Å²) in [5, 5.41) is 0.739. The molecule has 0 aliphatic rings. The zero-order valence-corrected chi connectivity index (χ0v) is 12.3. The minimum atomic E-state index is 0.702. The zero-order chi connectivity index (χ0) is 14.8. The van der Waals surface area contributed by atoms with E-state index in [1.54, 1.807) is 0 Å². The van der Waals surface area contributed by atoms with Gasteiger partial charge in [0.15, 0.2) is 0 Å². The number of rotatable bonds is 4. The van der Waals surface area contributed by atoms with Crippen LogP contribution in [0.4, 0.5) is 5.69 Å². The SMILES string of the molecule is C=CCn1c(Cc2ccc(Cl)cc2)nc2c(N)cccc21. The molecule has 1 aromatic heterocycles. The Morgan fingerprint density at radius 1 is 1.19 bits per heavy atom. The van der Waals surface area contributed by atoms with Gasteiger partial charge < -0.3 is 10.3 Å². The van der Waals surface area contributed by atoms with Crippen molar-refractivity contribution < 1.29 is 0 Å². The van der Waals surface area contributed by atoms with Crippen molar-refractivity contribution in [1.82, 2.24) is 9.55 Å². The molecule has 0 unspecified atom stereocenters. The Morgan fingerprint density at radius 3 is 2.67 bits per heavy atom. The largest absolute Gasteiger partial charge is 0.397 e. The minimum absolute atomic E-state index is 0.702. The number of benzene rings is 2. The lowest BCUT2D eigenvalue weighted by molar-refractivity contribution is 0.780. The van der Waals surface area contributed by atoms with Crippen LogP contribution < -0.4 is 5.73 Å². The van der Waals surface area contributed by atoms with E-state index < -0.39 is 0 Å². The summed E-state index contributed by atoms with van der Waals surface area (Å²) in [6.07, 6.45) is 2.61. The van der Waals surface area contributed by atoms with E-state index in [0.29, 0.717) is 12.2 Å². The molecular weight excluding hydrogens is 282 g/mol. The molecule has 3 nitrogen and oxygen atoms in total. The summed E-state index contributed by atoms with van der Waals surface area (Å²) in [5.41, 5.74) is 9.79. The molecule has 2 aromatic carbocycles. The molecule has 21 heavy (non-hydrogen) atoms. The van der Waals surface area contributed by atoms with Crippen LogP contribution in [-0.2, 0) is 13.0 Å². The van der Waals surface area contributed by atoms with Crippen LogP contribution in [-0.4, -0.2) is 9.55 Å². The number of anilines is 1. The fourth-order valence-electron chi connectivity index (χ4n) is 2.47. The van der Waals surface area contributed by atoms with Gasteiger partial charge in [0.2, 0.25) is 0 Å². The molecule has 106 valence electrons. The van der Waals surface area contributed by atoms with Crippen molar-refractivity contribution in [1.29, 1.82) is 0 Å². The van der Waals surface area contributed by atoms with Gasteiger partial charge in [-0.3, -0.25) is 0 Å². The molecule has 0 saturated carbocycles. The van der Waals surface area contributed by atoms with Crippen LogP contribution in [0.5, 0.6) is 0 Å². The average molecular weight is 298 g/mol. The highest BCUT2D eigenvalue weighted by Crippen LogP contribution is 2.23. The van der Waals surface area contributed by atoms with E-state index in [2.05, 4.69) is 11.1 Å². The van der Waals surface area contributed by atoms with Crippen LogP contribution in [0.25, 0.3) is 11.0 Å². The first-order valence-corrected chi connectivity index (χ1v) is 7.16. The Labute approximate surface area is 128 Å². The van der Waals surface area contributed by atoms with Gasteiger partial charge >= 0.3 is 0 Å². The summed E-state index contributed by atoms with van der Waals surface area (Å²) in [6, 6.07) is 13.7. The molecule has 3 rings (SSSR count). The van der Waals surface area contributed by atoms with E-state index in [0.717, 1.165) is 28.3 Å². The van der Waals surface area contributed by atoms with Crippen molar-refractivity contribution in [3.05, 3.63) is 71.5 Å². The van der Waals surface area contributed by atoms with E-state index in [4.69, 9.17) is 22.3 Å². The molecule has 0 spiro atoms. The predicted molar refractivity (Wildman–Crippen MR) is 88.6 cm³/mol. The number of imidazole rings is 1. The number of halogens is 1. The molecular formula is C17H16ClN3. The molecule has 0 aliphatic heterocycles. The van der Waals surface area contributed by atoms with Crippen molar-refractivity contribution in [3.63, 3.8) is 0 Å². The van der Waals surface area contributed by atoms with Gasteiger partial charge in [0.05, 0.1) is 11.2 Å². The number of hydrogen-bond donors (Lipinski definition) is 1. The van der Waals surface area contributed by atoms with Crippen molar-refractivity contribution in [2.75, 3.05) is 5.73 Å². The van der Waals surface area contributed by atoms with E-state index in [9.17, 15) is 0 Å². The molecule has 1 heterocycles. The van der Waals surface area contributed by atoms with E-state index in [-0.39, 0.29) is 0 Å². The monoisotopic (exact) mass is 297 g/mol. The van der Waals surface area contributed by atoms with Gasteiger partial charge in [-0.2, -0.15) is 0 Å². The minimum Gasteiger partial charge on any atom is -0.397 e. The van der Waals surface area contributed by atoms with Crippen LogP contribution in [0.15, 0.2) is 55.1 Å². The number of fused-ring (bicyclic) bond motifs is 1. The van der Waals surface area contributed by atoms with Crippen molar-refractivity contribution in [3.8, 4) is 0 Å². The van der Waals surface area contributed by atoms with Gasteiger partial charge in [0, 0.05) is 18.0 Å². The topological polar surface area (TPSA) is 43.8 Å². The lowest BCUT2D eigenvalue weighted by Gasteiger charge is -2.06. The van der Waals surface area contributed by atoms with Crippen LogP contribution in [0, 0.1) is 0 Å². The molecule has 3 aromatic rings. The van der Waals surface area contributed by atoms with Crippen LogP contribution in [0.1, 0.15) is 11.4 Å². The first kappa shape index (κ1) is 13.7. The highest BCUT2D eigenvalue weighted by molar-refractivity contribution is 6.30. The van der Waals surface area contributed by atoms with E-state index >= 15 is 0 Å². The Hall–Kier alpha value is -2.26. The summed E-state index contributed by atoms with van der Waals surface area (Å²) in [4.78, 5) is 4.71. The highest BCUT2D eigenvalue weighted by atomic mass is 35.5. The van der Waals surface area contributed by atoms with E-state index in [1.165, 1.54) is 5.56 Å². The van der Waals surface area contributed by atoms with Crippen molar-refractivity contribution in [2.45, 2.75) is 13.0 Å². The van der Waals surface area contributed by atoms with Crippen LogP contribution in [0.2, 0.25) is 5.02 Å². The average Bonchev–Trinajstić information content (AvgIpc) is 2.82. The maximum atomic E-state index is 6.03. The quantitative estimate of drug-likeness (QED) is 0.583. The summed E-state index contributed by atoms with van der Waals surface area (Å²) in [5.74, 6) is 0.977. The lowest BCUT2D eigenvalue weighted by atomic mass is 10.1. The third-order valence-electron chi connectivity index (χ3n) is 3.48. The summed E-state index contributed by atoms with van der Waals surface area (Å²) in [6.45, 7) is 4.54. The second kappa shape index (κ2) is 5.62. The van der Waals surface area contributed by atoms with Gasteiger partial charge in [-0.15, -0.1) is 6.58 Å². The smallest absolute Gasteiger partial charge is 0.114 e. The normalized spacial score (nSPS) is 10.9. The number of nitrogens with zero attached hydrogens (tertiary/aromatic N) is 2. The number of nitrogen functional groups attached to an aromatic ring is 1. The van der Waals surface area contributed by atoms with Gasteiger partial charge in [-0.25, -0.2) is 4.98 Å². The fourth-order valence-corrected chi connectivity index (χ4v) is 2.60. The molecule has 2 N–H and O–H groups in total. The number of aromatic nitrogens is 2. The maximum Gasteiger partial charge on any atom is 0.114 e. The summed E-state index contributed by atoms with van der Waals surface area (Å²) < 4.78 is 2.15. The Kier molecular flexibility index (Phi) is 3.67. The van der Waals surface area contributed by atoms with Crippen molar-refractivity contribution in [2.24, 2.45) is 0 Å². The first-order valence-electron chi connectivity index (χ1n) is 6.78.